The minimum absolute atomic E-state index is 0.0388. The molecule has 0 bridgehead atoms. The van der Waals surface area contributed by atoms with Crippen LogP contribution in [0.3, 0.4) is 0 Å². The van der Waals surface area contributed by atoms with E-state index in [0.717, 1.165) is 6.20 Å². The molecule has 1 unspecified atom stereocenters. The lowest BCUT2D eigenvalue weighted by molar-refractivity contribution is 0.372. The van der Waals surface area contributed by atoms with Gasteiger partial charge in [0.25, 0.3) is 0 Å². The van der Waals surface area contributed by atoms with Gasteiger partial charge < -0.3 is 4.42 Å². The number of halogens is 2. The number of pyridine rings is 1. The SMILES string of the molecule is Cc1nnc(C(CC(C)C)NS(=O)(=O)c2cnc(Cl)c(Cl)c2)o1. The Bertz CT molecular complexity index is 792. The Morgan fingerprint density at radius 1 is 1.30 bits per heavy atom. The number of hydrogen-bond donors (Lipinski definition) is 1. The lowest BCUT2D eigenvalue weighted by atomic mass is 10.0. The van der Waals surface area contributed by atoms with Gasteiger partial charge >= 0.3 is 0 Å². The number of rotatable bonds is 6. The van der Waals surface area contributed by atoms with Crippen LogP contribution in [0.5, 0.6) is 0 Å². The van der Waals surface area contributed by atoms with Crippen LogP contribution in [-0.4, -0.2) is 23.6 Å². The lowest BCUT2D eigenvalue weighted by Gasteiger charge is -2.17. The van der Waals surface area contributed by atoms with Crippen molar-refractivity contribution < 1.29 is 12.8 Å². The number of aryl methyl sites for hydroxylation is 1. The summed E-state index contributed by atoms with van der Waals surface area (Å²) in [5.41, 5.74) is 0. The Morgan fingerprint density at radius 2 is 2.00 bits per heavy atom. The van der Waals surface area contributed by atoms with E-state index in [1.807, 2.05) is 13.8 Å². The second-order valence-corrected chi connectivity index (χ2v) is 7.89. The van der Waals surface area contributed by atoms with E-state index < -0.39 is 16.1 Å². The number of nitrogens with zero attached hydrogens (tertiary/aromatic N) is 3. The van der Waals surface area contributed by atoms with Crippen molar-refractivity contribution >= 4 is 33.2 Å². The Labute approximate surface area is 144 Å². The Morgan fingerprint density at radius 3 is 2.52 bits per heavy atom. The first-order valence-corrected chi connectivity index (χ1v) is 9.06. The maximum Gasteiger partial charge on any atom is 0.242 e. The third kappa shape index (κ3) is 4.63. The fraction of sp³-hybridized carbons (Fsp3) is 0.462. The molecule has 0 fully saturated rings. The summed E-state index contributed by atoms with van der Waals surface area (Å²) in [4.78, 5) is 3.67. The van der Waals surface area contributed by atoms with Crippen molar-refractivity contribution in [3.05, 3.63) is 34.2 Å². The van der Waals surface area contributed by atoms with Crippen molar-refractivity contribution in [2.45, 2.75) is 38.1 Å². The molecule has 0 aliphatic carbocycles. The maximum atomic E-state index is 12.5. The zero-order valence-corrected chi connectivity index (χ0v) is 15.1. The van der Waals surface area contributed by atoms with E-state index in [9.17, 15) is 8.42 Å². The van der Waals surface area contributed by atoms with E-state index in [2.05, 4.69) is 19.9 Å². The summed E-state index contributed by atoms with van der Waals surface area (Å²) >= 11 is 11.5. The van der Waals surface area contributed by atoms with Crippen molar-refractivity contribution in [1.82, 2.24) is 19.9 Å². The van der Waals surface area contributed by atoms with Gasteiger partial charge in [0.1, 0.15) is 16.1 Å². The molecule has 2 aromatic heterocycles. The molecule has 0 spiro atoms. The first-order valence-electron chi connectivity index (χ1n) is 6.82. The third-order valence-corrected chi connectivity index (χ3v) is 5.05. The molecule has 2 aromatic rings. The van der Waals surface area contributed by atoms with Crippen molar-refractivity contribution in [3.8, 4) is 0 Å². The molecule has 0 saturated heterocycles. The van der Waals surface area contributed by atoms with Gasteiger partial charge in [-0.2, -0.15) is 4.72 Å². The summed E-state index contributed by atoms with van der Waals surface area (Å²) in [6, 6.07) is 0.598. The molecular weight excluding hydrogens is 363 g/mol. The summed E-state index contributed by atoms with van der Waals surface area (Å²) < 4.78 is 33.0. The van der Waals surface area contributed by atoms with Gasteiger partial charge in [-0.05, 0) is 18.4 Å². The van der Waals surface area contributed by atoms with Crippen molar-refractivity contribution in [3.63, 3.8) is 0 Å². The van der Waals surface area contributed by atoms with Gasteiger partial charge in [0.2, 0.25) is 21.8 Å². The van der Waals surface area contributed by atoms with E-state index in [4.69, 9.17) is 27.6 Å². The topological polar surface area (TPSA) is 98.0 Å². The summed E-state index contributed by atoms with van der Waals surface area (Å²) in [7, 11) is -3.87. The van der Waals surface area contributed by atoms with Gasteiger partial charge in [0.15, 0.2) is 0 Å². The summed E-state index contributed by atoms with van der Waals surface area (Å²) in [6.07, 6.45) is 1.64. The molecule has 0 amide bonds. The molecule has 0 aliphatic heterocycles. The van der Waals surface area contributed by atoms with Crippen LogP contribution in [0.25, 0.3) is 0 Å². The molecule has 0 aromatic carbocycles. The highest BCUT2D eigenvalue weighted by atomic mass is 35.5. The van der Waals surface area contributed by atoms with Crippen LogP contribution >= 0.6 is 23.2 Å². The molecule has 1 N–H and O–H groups in total. The van der Waals surface area contributed by atoms with Crippen LogP contribution < -0.4 is 4.72 Å². The predicted molar refractivity (Wildman–Crippen MR) is 85.8 cm³/mol. The second kappa shape index (κ2) is 7.12. The Kier molecular flexibility index (Phi) is 5.61. The van der Waals surface area contributed by atoms with Crippen LogP contribution in [0.2, 0.25) is 10.2 Å². The highest BCUT2D eigenvalue weighted by molar-refractivity contribution is 7.89. The summed E-state index contributed by atoms with van der Waals surface area (Å²) in [6.45, 7) is 5.57. The first-order chi connectivity index (χ1) is 10.7. The van der Waals surface area contributed by atoms with Gasteiger partial charge in [-0.1, -0.05) is 37.0 Å². The largest absolute Gasteiger partial charge is 0.424 e. The Hall–Kier alpha value is -1.22. The highest BCUT2D eigenvalue weighted by Crippen LogP contribution is 2.25. The van der Waals surface area contributed by atoms with Gasteiger partial charge in [0.05, 0.1) is 5.02 Å². The number of nitrogens with one attached hydrogen (secondary N) is 1. The molecule has 1 atom stereocenters. The number of sulfonamides is 1. The smallest absolute Gasteiger partial charge is 0.242 e. The molecule has 23 heavy (non-hydrogen) atoms. The van der Waals surface area contributed by atoms with Gasteiger partial charge in [-0.3, -0.25) is 0 Å². The van der Waals surface area contributed by atoms with Crippen molar-refractivity contribution in [2.24, 2.45) is 5.92 Å². The van der Waals surface area contributed by atoms with Crippen LogP contribution in [0, 0.1) is 12.8 Å². The molecule has 2 rings (SSSR count). The van der Waals surface area contributed by atoms with Gasteiger partial charge in [0, 0.05) is 13.1 Å². The fourth-order valence-electron chi connectivity index (χ4n) is 1.93. The molecule has 0 saturated carbocycles. The van der Waals surface area contributed by atoms with E-state index in [0.29, 0.717) is 12.3 Å². The third-order valence-electron chi connectivity index (χ3n) is 2.93. The van der Waals surface area contributed by atoms with E-state index in [1.54, 1.807) is 6.92 Å². The molecule has 7 nitrogen and oxygen atoms in total. The normalized spacial score (nSPS) is 13.5. The van der Waals surface area contributed by atoms with Gasteiger partial charge in [-0.15, -0.1) is 10.2 Å². The average Bonchev–Trinajstić information content (AvgIpc) is 2.87. The minimum Gasteiger partial charge on any atom is -0.424 e. The van der Waals surface area contributed by atoms with E-state index in [1.165, 1.54) is 6.07 Å². The minimum atomic E-state index is -3.87. The van der Waals surface area contributed by atoms with Crippen molar-refractivity contribution in [1.29, 1.82) is 0 Å². The van der Waals surface area contributed by atoms with Crippen molar-refractivity contribution in [2.75, 3.05) is 0 Å². The van der Waals surface area contributed by atoms with Crippen LogP contribution in [0.4, 0.5) is 0 Å². The fourth-order valence-corrected chi connectivity index (χ4v) is 3.44. The monoisotopic (exact) mass is 378 g/mol. The van der Waals surface area contributed by atoms with Crippen LogP contribution in [0.1, 0.15) is 38.1 Å². The molecule has 126 valence electrons. The van der Waals surface area contributed by atoms with Crippen LogP contribution in [0.15, 0.2) is 21.6 Å². The molecule has 10 heteroatoms. The van der Waals surface area contributed by atoms with E-state index in [-0.39, 0.29) is 26.9 Å². The summed E-state index contributed by atoms with van der Waals surface area (Å²) in [5.74, 6) is 0.791. The lowest BCUT2D eigenvalue weighted by Crippen LogP contribution is -2.30. The summed E-state index contributed by atoms with van der Waals surface area (Å²) in [5, 5.41) is 7.74. The average molecular weight is 379 g/mol. The number of hydrogen-bond acceptors (Lipinski definition) is 6. The molecule has 0 aliphatic rings. The quantitative estimate of drug-likeness (QED) is 0.775. The maximum absolute atomic E-state index is 12.5. The first kappa shape index (κ1) is 18.1. The molecule has 0 radical (unpaired) electrons. The zero-order chi connectivity index (χ0) is 17.2. The molecule has 2 heterocycles. The highest BCUT2D eigenvalue weighted by Gasteiger charge is 2.27. The second-order valence-electron chi connectivity index (χ2n) is 5.41. The molecular formula is C13H16Cl2N4O3S. The van der Waals surface area contributed by atoms with E-state index >= 15 is 0 Å². The predicted octanol–water partition coefficient (Wildman–Crippen LogP) is 3.15. The number of aromatic nitrogens is 3. The zero-order valence-electron chi connectivity index (χ0n) is 12.7. The van der Waals surface area contributed by atoms with Gasteiger partial charge in [-0.25, -0.2) is 13.4 Å². The standard InChI is InChI=1S/C13H16Cl2N4O3S/c1-7(2)4-11(13-18-17-8(3)22-13)19-23(20,21)9-5-10(14)12(15)16-6-9/h5-7,11,19H,4H2,1-3H3. The van der Waals surface area contributed by atoms with Crippen LogP contribution in [-0.2, 0) is 10.0 Å². The Balaban J connectivity index is 2.31.